The molecule has 0 rings (SSSR count). The smallest absolute Gasteiger partial charge is 0.462 e. The van der Waals surface area contributed by atoms with Crippen molar-refractivity contribution in [1.29, 1.82) is 0 Å². The number of aliphatic hydroxyl groups is 1. The molecule has 0 aromatic heterocycles. The van der Waals surface area contributed by atoms with Gasteiger partial charge in [-0.05, 0) is 31.6 Å². The molecule has 564 valence electrons. The van der Waals surface area contributed by atoms with Crippen molar-refractivity contribution in [3.05, 3.63) is 0 Å². The van der Waals surface area contributed by atoms with Crippen LogP contribution >= 0.6 is 15.6 Å². The minimum Gasteiger partial charge on any atom is -0.462 e. The molecule has 0 saturated carbocycles. The molecular weight excluding hydrogens is 1250 g/mol. The minimum absolute atomic E-state index is 0.107. The van der Waals surface area contributed by atoms with Gasteiger partial charge in [0.1, 0.15) is 19.3 Å². The molecule has 0 aromatic carbocycles. The predicted octanol–water partition coefficient (Wildman–Crippen LogP) is 22.5. The molecule has 0 aromatic rings. The number of aliphatic hydroxyl groups excluding tert-OH is 1. The Morgan fingerprint density at radius 2 is 0.484 bits per heavy atom. The number of rotatable bonds is 76. The van der Waals surface area contributed by atoms with Crippen LogP contribution < -0.4 is 0 Å². The Hall–Kier alpha value is -1.94. The molecule has 0 heterocycles. The van der Waals surface area contributed by atoms with Gasteiger partial charge in [-0.15, -0.1) is 0 Å². The van der Waals surface area contributed by atoms with E-state index in [1.165, 1.54) is 218 Å². The van der Waals surface area contributed by atoms with Crippen molar-refractivity contribution in [2.45, 2.75) is 419 Å². The summed E-state index contributed by atoms with van der Waals surface area (Å²) < 4.78 is 68.3. The van der Waals surface area contributed by atoms with Crippen LogP contribution in [0, 0.1) is 5.92 Å². The average Bonchev–Trinajstić information content (AvgIpc) is 1.68. The first-order valence-corrected chi connectivity index (χ1v) is 42.6. The Balaban J connectivity index is 5.13. The van der Waals surface area contributed by atoms with Crippen LogP contribution in [-0.4, -0.2) is 96.7 Å². The average molecular weight is 1400 g/mol. The fourth-order valence-corrected chi connectivity index (χ4v) is 13.3. The van der Waals surface area contributed by atoms with Gasteiger partial charge in [-0.2, -0.15) is 0 Å². The van der Waals surface area contributed by atoms with E-state index < -0.39 is 97.5 Å². The number of unbranched alkanes of at least 4 members (excludes halogenated alkanes) is 48. The van der Waals surface area contributed by atoms with E-state index in [0.717, 1.165) is 102 Å². The lowest BCUT2D eigenvalue weighted by atomic mass is 10.0. The zero-order valence-electron chi connectivity index (χ0n) is 61.8. The highest BCUT2D eigenvalue weighted by Gasteiger charge is 2.30. The predicted molar refractivity (Wildman–Crippen MR) is 386 cm³/mol. The first-order valence-electron chi connectivity index (χ1n) is 39.6. The normalized spacial score (nSPS) is 13.9. The van der Waals surface area contributed by atoms with Gasteiger partial charge in [0.05, 0.1) is 26.4 Å². The molecule has 0 aliphatic heterocycles. The first-order chi connectivity index (χ1) is 46.0. The van der Waals surface area contributed by atoms with E-state index in [-0.39, 0.29) is 25.7 Å². The Morgan fingerprint density at radius 1 is 0.284 bits per heavy atom. The third-order valence-electron chi connectivity index (χ3n) is 17.8. The van der Waals surface area contributed by atoms with Crippen molar-refractivity contribution >= 4 is 39.5 Å². The summed E-state index contributed by atoms with van der Waals surface area (Å²) in [5.74, 6) is -1.33. The Kier molecular flexibility index (Phi) is 67.7. The molecule has 0 fully saturated rings. The number of phosphoric ester groups is 2. The van der Waals surface area contributed by atoms with Gasteiger partial charge in [0.25, 0.3) is 0 Å². The van der Waals surface area contributed by atoms with Crippen LogP contribution in [0.15, 0.2) is 0 Å². The fourth-order valence-electron chi connectivity index (χ4n) is 11.7. The van der Waals surface area contributed by atoms with E-state index >= 15 is 0 Å². The monoisotopic (exact) mass is 1400 g/mol. The number of phosphoric acid groups is 2. The van der Waals surface area contributed by atoms with Crippen molar-refractivity contribution < 1.29 is 80.2 Å². The molecule has 95 heavy (non-hydrogen) atoms. The number of ether oxygens (including phenoxy) is 4. The molecule has 19 heteroatoms. The molecule has 17 nitrogen and oxygen atoms in total. The summed E-state index contributed by atoms with van der Waals surface area (Å²) in [5.41, 5.74) is 0. The van der Waals surface area contributed by atoms with E-state index in [1.54, 1.807) is 0 Å². The van der Waals surface area contributed by atoms with Crippen LogP contribution in [-0.2, 0) is 65.4 Å². The second kappa shape index (κ2) is 69.2. The van der Waals surface area contributed by atoms with Gasteiger partial charge in [0.2, 0.25) is 0 Å². The quantitative estimate of drug-likeness (QED) is 0.0222. The highest BCUT2D eigenvalue weighted by molar-refractivity contribution is 7.47. The molecule has 0 aliphatic carbocycles. The van der Waals surface area contributed by atoms with E-state index in [9.17, 15) is 43.2 Å². The summed E-state index contributed by atoms with van der Waals surface area (Å²) in [7, 11) is -9.90. The molecule has 3 N–H and O–H groups in total. The van der Waals surface area contributed by atoms with E-state index in [1.807, 2.05) is 0 Å². The van der Waals surface area contributed by atoms with Gasteiger partial charge in [-0.1, -0.05) is 349 Å². The summed E-state index contributed by atoms with van der Waals surface area (Å²) in [6.07, 6.45) is 58.7. The molecular formula is C76H148O17P2. The van der Waals surface area contributed by atoms with Crippen LogP contribution in [0.3, 0.4) is 0 Å². The van der Waals surface area contributed by atoms with E-state index in [4.69, 9.17) is 37.0 Å². The number of carbonyl (C=O) groups excluding carboxylic acids is 4. The fraction of sp³-hybridized carbons (Fsp3) is 0.947. The number of hydrogen-bond donors (Lipinski definition) is 3. The van der Waals surface area contributed by atoms with Crippen molar-refractivity contribution in [1.82, 2.24) is 0 Å². The highest BCUT2D eigenvalue weighted by atomic mass is 31.2. The van der Waals surface area contributed by atoms with Crippen molar-refractivity contribution in [2.24, 2.45) is 5.92 Å². The molecule has 0 radical (unpaired) electrons. The van der Waals surface area contributed by atoms with Gasteiger partial charge >= 0.3 is 39.5 Å². The molecule has 0 bridgehead atoms. The number of hydrogen-bond acceptors (Lipinski definition) is 15. The van der Waals surface area contributed by atoms with Crippen LogP contribution in [0.1, 0.15) is 401 Å². The van der Waals surface area contributed by atoms with Gasteiger partial charge in [0, 0.05) is 25.7 Å². The first kappa shape index (κ1) is 93.1. The lowest BCUT2D eigenvalue weighted by Gasteiger charge is -2.21. The topological polar surface area (TPSA) is 237 Å². The highest BCUT2D eigenvalue weighted by Crippen LogP contribution is 2.45. The summed E-state index contributed by atoms with van der Waals surface area (Å²) >= 11 is 0. The largest absolute Gasteiger partial charge is 0.472 e. The summed E-state index contributed by atoms with van der Waals surface area (Å²) in [5, 5.41) is 10.6. The lowest BCUT2D eigenvalue weighted by Crippen LogP contribution is -2.30. The molecule has 2 unspecified atom stereocenters. The molecule has 0 amide bonds. The maximum atomic E-state index is 13.1. The summed E-state index contributed by atoms with van der Waals surface area (Å²) in [4.78, 5) is 72.5. The minimum atomic E-state index is -4.95. The molecule has 0 spiro atoms. The van der Waals surface area contributed by atoms with Crippen LogP contribution in [0.4, 0.5) is 0 Å². The lowest BCUT2D eigenvalue weighted by molar-refractivity contribution is -0.161. The van der Waals surface area contributed by atoms with Crippen molar-refractivity contribution in [3.63, 3.8) is 0 Å². The number of esters is 4. The summed E-state index contributed by atoms with van der Waals surface area (Å²) in [6, 6.07) is 0. The van der Waals surface area contributed by atoms with Gasteiger partial charge in [-0.3, -0.25) is 37.3 Å². The van der Waals surface area contributed by atoms with Gasteiger partial charge < -0.3 is 33.8 Å². The van der Waals surface area contributed by atoms with E-state index in [2.05, 4.69) is 34.6 Å². The number of carbonyl (C=O) groups is 4. The summed E-state index contributed by atoms with van der Waals surface area (Å²) in [6.45, 7) is 7.23. The zero-order valence-corrected chi connectivity index (χ0v) is 63.6. The second-order valence-corrected chi connectivity index (χ2v) is 30.8. The van der Waals surface area contributed by atoms with Crippen LogP contribution in [0.5, 0.6) is 0 Å². The van der Waals surface area contributed by atoms with E-state index in [0.29, 0.717) is 25.7 Å². The maximum Gasteiger partial charge on any atom is 0.472 e. The standard InChI is InChI=1S/C76H148O17P2/c1-6-9-12-15-17-19-21-23-25-26-27-28-30-34-39-43-47-52-57-62-76(81)93-72(66-87-74(79)60-55-50-45-41-37-35-31-32-36-40-44-49-53-58-69(4)5)68-91-95(84,85)89-64-70(77)63-88-94(82,83)90-67-71(65-86-73(78)59-54-48-14-11-8-3)92-75(80)61-56-51-46-42-38-33-29-24-22-20-18-16-13-10-7-2/h69-72,77H,6-68H2,1-5H3,(H,82,83)(H,84,85)/t70-,71+,72+/m0/s1. The Bertz CT molecular complexity index is 1820. The Labute approximate surface area is 581 Å². The molecule has 0 aliphatic rings. The van der Waals surface area contributed by atoms with Crippen LogP contribution in [0.25, 0.3) is 0 Å². The third kappa shape index (κ3) is 70.3. The Morgan fingerprint density at radius 3 is 0.716 bits per heavy atom. The maximum absolute atomic E-state index is 13.1. The van der Waals surface area contributed by atoms with Gasteiger partial charge in [-0.25, -0.2) is 9.13 Å². The van der Waals surface area contributed by atoms with Crippen LogP contribution in [0.2, 0.25) is 0 Å². The molecule has 5 atom stereocenters. The SMILES string of the molecule is CCCCCCCCCCCCCCCCCCCCCC(=O)O[C@H](COC(=O)CCCCCCCCCCCCCCCC(C)C)COP(=O)(O)OC[C@@H](O)COP(=O)(O)OC[C@@H](COC(=O)CCCCCCC)OC(=O)CCCCCCCCCCCCCCCCC. The second-order valence-electron chi connectivity index (χ2n) is 27.9. The zero-order chi connectivity index (χ0) is 69.8. The van der Waals surface area contributed by atoms with Crippen molar-refractivity contribution in [3.8, 4) is 0 Å². The molecule has 0 saturated heterocycles. The van der Waals surface area contributed by atoms with Gasteiger partial charge in [0.15, 0.2) is 12.2 Å². The van der Waals surface area contributed by atoms with Crippen molar-refractivity contribution in [2.75, 3.05) is 39.6 Å². The third-order valence-corrected chi connectivity index (χ3v) is 19.7.